The highest BCUT2D eigenvalue weighted by atomic mass is 127. The Bertz CT molecular complexity index is 444. The summed E-state index contributed by atoms with van der Waals surface area (Å²) in [5.41, 5.74) is 1.05. The number of aliphatic hydroxyl groups excluding tert-OH is 1. The van der Waals surface area contributed by atoms with Gasteiger partial charge in [-0.25, -0.2) is 0 Å². The minimum atomic E-state index is -0.0958. The molecule has 0 spiro atoms. The van der Waals surface area contributed by atoms with Crippen LogP contribution in [0.3, 0.4) is 0 Å². The van der Waals surface area contributed by atoms with E-state index in [9.17, 15) is 5.11 Å². The lowest BCUT2D eigenvalue weighted by Crippen LogP contribution is -2.47. The second-order valence-corrected chi connectivity index (χ2v) is 5.72. The number of nitrogens with zero attached hydrogens (tertiary/aromatic N) is 2. The van der Waals surface area contributed by atoms with Crippen molar-refractivity contribution in [1.29, 1.82) is 0 Å². The molecule has 1 fully saturated rings. The van der Waals surface area contributed by atoms with Gasteiger partial charge in [0.2, 0.25) is 0 Å². The van der Waals surface area contributed by atoms with Crippen molar-refractivity contribution in [1.82, 2.24) is 15.2 Å². The SMILES string of the molecule is CN=C(NCC1(CO)CCOCC1)N(C)Cc1ccc[nH]1.I. The summed E-state index contributed by atoms with van der Waals surface area (Å²) >= 11 is 0. The van der Waals surface area contributed by atoms with Crippen molar-refractivity contribution in [2.24, 2.45) is 10.4 Å². The van der Waals surface area contributed by atoms with Gasteiger partial charge in [0.25, 0.3) is 0 Å². The average molecular weight is 422 g/mol. The summed E-state index contributed by atoms with van der Waals surface area (Å²) < 4.78 is 5.39. The van der Waals surface area contributed by atoms with Crippen LogP contribution in [0.5, 0.6) is 0 Å². The van der Waals surface area contributed by atoms with Crippen LogP contribution in [0, 0.1) is 5.41 Å². The number of hydrogen-bond donors (Lipinski definition) is 3. The first kappa shape index (κ1) is 19.2. The Balaban J connectivity index is 0.00000242. The van der Waals surface area contributed by atoms with Gasteiger partial charge < -0.3 is 25.0 Å². The topological polar surface area (TPSA) is 72.9 Å². The molecule has 7 heteroatoms. The van der Waals surface area contributed by atoms with Gasteiger partial charge in [-0.3, -0.25) is 4.99 Å². The van der Waals surface area contributed by atoms with Crippen molar-refractivity contribution in [3.8, 4) is 0 Å². The minimum absolute atomic E-state index is 0. The molecule has 0 bridgehead atoms. The summed E-state index contributed by atoms with van der Waals surface area (Å²) in [5.74, 6) is 0.837. The third-order valence-electron chi connectivity index (χ3n) is 4.15. The molecule has 1 aromatic rings. The van der Waals surface area contributed by atoms with Gasteiger partial charge >= 0.3 is 0 Å². The summed E-state index contributed by atoms with van der Waals surface area (Å²) in [5, 5.41) is 13.1. The lowest BCUT2D eigenvalue weighted by atomic mass is 9.81. The predicted molar refractivity (Wildman–Crippen MR) is 98.6 cm³/mol. The molecule has 0 atom stereocenters. The highest BCUT2D eigenvalue weighted by Gasteiger charge is 2.32. The van der Waals surface area contributed by atoms with Crippen LogP contribution < -0.4 is 5.32 Å². The first-order chi connectivity index (χ1) is 10.2. The van der Waals surface area contributed by atoms with E-state index in [-0.39, 0.29) is 36.0 Å². The van der Waals surface area contributed by atoms with Crippen LogP contribution >= 0.6 is 24.0 Å². The van der Waals surface area contributed by atoms with Crippen molar-refractivity contribution in [3.63, 3.8) is 0 Å². The molecule has 0 radical (unpaired) electrons. The van der Waals surface area contributed by atoms with Gasteiger partial charge in [-0.2, -0.15) is 0 Å². The van der Waals surface area contributed by atoms with E-state index in [4.69, 9.17) is 4.74 Å². The first-order valence-electron chi connectivity index (χ1n) is 7.42. The highest BCUT2D eigenvalue weighted by Crippen LogP contribution is 2.29. The summed E-state index contributed by atoms with van der Waals surface area (Å²) in [6.07, 6.45) is 3.68. The fourth-order valence-corrected chi connectivity index (χ4v) is 2.64. The zero-order valence-corrected chi connectivity index (χ0v) is 15.7. The van der Waals surface area contributed by atoms with Crippen LogP contribution in [0.25, 0.3) is 0 Å². The van der Waals surface area contributed by atoms with Gasteiger partial charge in [0.1, 0.15) is 0 Å². The molecule has 1 aliphatic heterocycles. The molecule has 3 N–H and O–H groups in total. The van der Waals surface area contributed by atoms with Crippen LogP contribution in [0.2, 0.25) is 0 Å². The maximum Gasteiger partial charge on any atom is 0.193 e. The second kappa shape index (κ2) is 9.36. The van der Waals surface area contributed by atoms with Gasteiger partial charge in [0.05, 0.1) is 13.2 Å². The maximum atomic E-state index is 9.72. The summed E-state index contributed by atoms with van der Waals surface area (Å²) in [6.45, 7) is 3.11. The Labute approximate surface area is 149 Å². The van der Waals surface area contributed by atoms with Crippen molar-refractivity contribution >= 4 is 29.9 Å². The molecule has 0 aliphatic carbocycles. The number of nitrogens with one attached hydrogen (secondary N) is 2. The molecule has 0 amide bonds. The van der Waals surface area contributed by atoms with Gasteiger partial charge in [-0.15, -0.1) is 24.0 Å². The number of aliphatic hydroxyl groups is 1. The minimum Gasteiger partial charge on any atom is -0.396 e. The van der Waals surface area contributed by atoms with E-state index in [1.807, 2.05) is 19.3 Å². The number of aliphatic imine (C=N–C) groups is 1. The zero-order valence-electron chi connectivity index (χ0n) is 13.3. The fraction of sp³-hybridized carbons (Fsp3) is 0.667. The van der Waals surface area contributed by atoms with Crippen LogP contribution in [0.15, 0.2) is 23.3 Å². The Hall–Kier alpha value is -0.800. The van der Waals surface area contributed by atoms with Gasteiger partial charge in [-0.1, -0.05) is 0 Å². The lowest BCUT2D eigenvalue weighted by molar-refractivity contribution is -0.0134. The van der Waals surface area contributed by atoms with Crippen molar-refractivity contribution in [2.45, 2.75) is 19.4 Å². The molecule has 126 valence electrons. The molecule has 0 unspecified atom stereocenters. The average Bonchev–Trinajstić information content (AvgIpc) is 3.01. The Kier molecular flexibility index (Phi) is 8.19. The molecule has 2 rings (SSSR count). The van der Waals surface area contributed by atoms with Crippen LogP contribution in [0.4, 0.5) is 0 Å². The van der Waals surface area contributed by atoms with E-state index in [0.29, 0.717) is 6.54 Å². The van der Waals surface area contributed by atoms with Crippen LogP contribution in [0.1, 0.15) is 18.5 Å². The molecule has 6 nitrogen and oxygen atoms in total. The monoisotopic (exact) mass is 422 g/mol. The summed E-state index contributed by atoms with van der Waals surface area (Å²) in [7, 11) is 3.79. The molecule has 22 heavy (non-hydrogen) atoms. The number of ether oxygens (including phenoxy) is 1. The van der Waals surface area contributed by atoms with Crippen LogP contribution in [-0.2, 0) is 11.3 Å². The Morgan fingerprint density at radius 1 is 1.50 bits per heavy atom. The molecule has 0 aromatic carbocycles. The highest BCUT2D eigenvalue weighted by molar-refractivity contribution is 14.0. The Morgan fingerprint density at radius 2 is 2.23 bits per heavy atom. The third-order valence-corrected chi connectivity index (χ3v) is 4.15. The van der Waals surface area contributed by atoms with E-state index in [1.54, 1.807) is 7.05 Å². The van der Waals surface area contributed by atoms with Crippen LogP contribution in [-0.4, -0.2) is 61.4 Å². The molecule has 1 saturated heterocycles. The number of H-pyrrole nitrogens is 1. The van der Waals surface area contributed by atoms with E-state index < -0.39 is 0 Å². The number of halogens is 1. The van der Waals surface area contributed by atoms with Crippen molar-refractivity contribution in [2.75, 3.05) is 40.5 Å². The quantitative estimate of drug-likeness (QED) is 0.382. The molecule has 0 saturated carbocycles. The van der Waals surface area contributed by atoms with E-state index >= 15 is 0 Å². The zero-order chi connectivity index (χ0) is 15.1. The standard InChI is InChI=1S/C15H26N4O2.HI/c1-16-14(19(2)10-13-4-3-7-17-13)18-11-15(12-20)5-8-21-9-6-15;/h3-4,7,17,20H,5-6,8-12H2,1-2H3,(H,16,18);1H. The number of hydrogen-bond acceptors (Lipinski definition) is 3. The maximum absolute atomic E-state index is 9.72. The normalized spacial score (nSPS) is 17.7. The molecule has 2 heterocycles. The molecular formula is C15H27IN4O2. The molecule has 1 aliphatic rings. The predicted octanol–water partition coefficient (Wildman–Crippen LogP) is 1.43. The van der Waals surface area contributed by atoms with Gasteiger partial charge in [-0.05, 0) is 25.0 Å². The fourth-order valence-electron chi connectivity index (χ4n) is 2.64. The van der Waals surface area contributed by atoms with E-state index in [2.05, 4.69) is 26.3 Å². The number of aromatic amines is 1. The third kappa shape index (κ3) is 5.13. The summed E-state index contributed by atoms with van der Waals surface area (Å²) in [6, 6.07) is 4.04. The first-order valence-corrected chi connectivity index (χ1v) is 7.42. The number of aromatic nitrogens is 1. The number of rotatable bonds is 5. The van der Waals surface area contributed by atoms with Gasteiger partial charge in [0.15, 0.2) is 5.96 Å². The second-order valence-electron chi connectivity index (χ2n) is 5.72. The van der Waals surface area contributed by atoms with Crippen molar-refractivity contribution < 1.29 is 9.84 Å². The molecular weight excluding hydrogens is 395 g/mol. The summed E-state index contributed by atoms with van der Waals surface area (Å²) in [4.78, 5) is 9.58. The largest absolute Gasteiger partial charge is 0.396 e. The number of guanidine groups is 1. The van der Waals surface area contributed by atoms with Gasteiger partial charge in [0, 0.05) is 51.2 Å². The lowest BCUT2D eigenvalue weighted by Gasteiger charge is -2.36. The van der Waals surface area contributed by atoms with Crippen molar-refractivity contribution in [3.05, 3.63) is 24.0 Å². The molecule has 1 aromatic heterocycles. The Morgan fingerprint density at radius 3 is 2.77 bits per heavy atom. The van der Waals surface area contributed by atoms with E-state index in [1.165, 1.54) is 0 Å². The van der Waals surface area contributed by atoms with E-state index in [0.717, 1.165) is 44.3 Å². The smallest absolute Gasteiger partial charge is 0.193 e.